The lowest BCUT2D eigenvalue weighted by atomic mass is 9.89. The number of hydrogen-bond donors (Lipinski definition) is 1. The maximum Gasteiger partial charge on any atom is 0.226 e. The first-order valence-electron chi connectivity index (χ1n) is 8.21. The van der Waals surface area contributed by atoms with Gasteiger partial charge in [-0.25, -0.2) is 12.7 Å². The molecule has 2 heterocycles. The average molecular weight is 332 g/mol. The molecule has 1 atom stereocenters. The number of amides is 1. The normalized spacial score (nSPS) is 28.2. The molecule has 2 rings (SSSR count). The molecule has 2 aliphatic rings. The maximum absolute atomic E-state index is 12.9. The zero-order valence-corrected chi connectivity index (χ0v) is 14.4. The van der Waals surface area contributed by atoms with Crippen LogP contribution in [0.3, 0.4) is 0 Å². The Morgan fingerprint density at radius 2 is 1.91 bits per heavy atom. The third-order valence-electron chi connectivity index (χ3n) is 5.14. The van der Waals surface area contributed by atoms with E-state index >= 15 is 0 Å². The number of rotatable bonds is 5. The molecule has 22 heavy (non-hydrogen) atoms. The van der Waals surface area contributed by atoms with Crippen LogP contribution in [-0.2, 0) is 14.8 Å². The summed E-state index contributed by atoms with van der Waals surface area (Å²) in [5, 5.41) is 9.83. The Morgan fingerprint density at radius 3 is 2.41 bits per heavy atom. The Hall–Kier alpha value is -0.660. The van der Waals surface area contributed by atoms with Gasteiger partial charge in [-0.3, -0.25) is 4.79 Å². The van der Waals surface area contributed by atoms with E-state index in [0.717, 1.165) is 25.7 Å². The fourth-order valence-electron chi connectivity index (χ4n) is 3.91. The van der Waals surface area contributed by atoms with Gasteiger partial charge in [0.2, 0.25) is 15.9 Å². The van der Waals surface area contributed by atoms with Crippen molar-refractivity contribution < 1.29 is 18.3 Å². The summed E-state index contributed by atoms with van der Waals surface area (Å²) < 4.78 is 24.6. The largest absolute Gasteiger partial charge is 0.394 e. The maximum atomic E-state index is 12.9. The highest BCUT2D eigenvalue weighted by Crippen LogP contribution is 2.36. The molecule has 0 aromatic rings. The van der Waals surface area contributed by atoms with Gasteiger partial charge in [-0.1, -0.05) is 13.3 Å². The molecule has 2 fully saturated rings. The molecule has 0 radical (unpaired) electrons. The quantitative estimate of drug-likeness (QED) is 0.808. The SMILES string of the molecule is CCCC1(CO)CCCN1C(=O)C1CCN(S(C)(=O)=O)CC1. The molecule has 0 aromatic heterocycles. The van der Waals surface area contributed by atoms with Crippen molar-refractivity contribution in [2.24, 2.45) is 5.92 Å². The highest BCUT2D eigenvalue weighted by Gasteiger charge is 2.44. The number of likely N-dealkylation sites (tertiary alicyclic amines) is 1. The zero-order chi connectivity index (χ0) is 16.4. The van der Waals surface area contributed by atoms with E-state index < -0.39 is 10.0 Å². The summed E-state index contributed by atoms with van der Waals surface area (Å²) in [4.78, 5) is 14.7. The second-order valence-electron chi connectivity index (χ2n) is 6.66. The second kappa shape index (κ2) is 6.84. The van der Waals surface area contributed by atoms with Crippen LogP contribution in [0.4, 0.5) is 0 Å². The lowest BCUT2D eigenvalue weighted by molar-refractivity contribution is -0.143. The van der Waals surface area contributed by atoms with E-state index in [0.29, 0.717) is 32.5 Å². The summed E-state index contributed by atoms with van der Waals surface area (Å²) in [5.74, 6) is -0.00738. The predicted molar refractivity (Wildman–Crippen MR) is 84.8 cm³/mol. The van der Waals surface area contributed by atoms with Gasteiger partial charge in [-0.05, 0) is 32.1 Å². The molecule has 2 saturated heterocycles. The van der Waals surface area contributed by atoms with Gasteiger partial charge in [0.1, 0.15) is 0 Å². The zero-order valence-electron chi connectivity index (χ0n) is 13.6. The van der Waals surface area contributed by atoms with Gasteiger partial charge in [0.05, 0.1) is 18.4 Å². The van der Waals surface area contributed by atoms with Crippen molar-refractivity contribution in [3.63, 3.8) is 0 Å². The first-order chi connectivity index (χ1) is 10.3. The molecule has 7 heteroatoms. The molecule has 0 spiro atoms. The van der Waals surface area contributed by atoms with Gasteiger partial charge >= 0.3 is 0 Å². The first kappa shape index (κ1) is 17.7. The second-order valence-corrected chi connectivity index (χ2v) is 8.64. The lowest BCUT2D eigenvalue weighted by Crippen LogP contribution is -2.53. The summed E-state index contributed by atoms with van der Waals surface area (Å²) in [6.07, 6.45) is 5.95. The van der Waals surface area contributed by atoms with E-state index in [2.05, 4.69) is 6.92 Å². The van der Waals surface area contributed by atoms with Gasteiger partial charge in [-0.15, -0.1) is 0 Å². The van der Waals surface area contributed by atoms with E-state index in [1.54, 1.807) is 0 Å². The molecule has 0 aliphatic carbocycles. The number of aliphatic hydroxyl groups excluding tert-OH is 1. The van der Waals surface area contributed by atoms with Gasteiger partial charge < -0.3 is 10.0 Å². The Balaban J connectivity index is 2.03. The number of aliphatic hydroxyl groups is 1. The lowest BCUT2D eigenvalue weighted by Gasteiger charge is -2.40. The summed E-state index contributed by atoms with van der Waals surface area (Å²) >= 11 is 0. The van der Waals surface area contributed by atoms with Gasteiger partial charge in [0.25, 0.3) is 0 Å². The average Bonchev–Trinajstić information content (AvgIpc) is 2.90. The van der Waals surface area contributed by atoms with Crippen LogP contribution >= 0.6 is 0 Å². The van der Waals surface area contributed by atoms with E-state index in [-0.39, 0.29) is 24.0 Å². The third kappa shape index (κ3) is 3.46. The van der Waals surface area contributed by atoms with Crippen molar-refractivity contribution in [1.29, 1.82) is 0 Å². The highest BCUT2D eigenvalue weighted by atomic mass is 32.2. The molecule has 6 nitrogen and oxygen atoms in total. The Labute approximate surface area is 133 Å². The Morgan fingerprint density at radius 1 is 1.27 bits per heavy atom. The van der Waals surface area contributed by atoms with Crippen LogP contribution in [0.5, 0.6) is 0 Å². The fraction of sp³-hybridized carbons (Fsp3) is 0.933. The molecule has 2 aliphatic heterocycles. The highest BCUT2D eigenvalue weighted by molar-refractivity contribution is 7.88. The minimum absolute atomic E-state index is 0.0226. The van der Waals surface area contributed by atoms with Crippen LogP contribution < -0.4 is 0 Å². The predicted octanol–water partition coefficient (Wildman–Crippen LogP) is 0.812. The summed E-state index contributed by atoms with van der Waals surface area (Å²) in [6.45, 7) is 3.65. The number of nitrogens with zero attached hydrogens (tertiary/aromatic N) is 2. The molecular formula is C15H28N2O4S. The van der Waals surface area contributed by atoms with Crippen LogP contribution in [0.1, 0.15) is 45.4 Å². The van der Waals surface area contributed by atoms with Gasteiger partial charge in [0.15, 0.2) is 0 Å². The summed E-state index contributed by atoms with van der Waals surface area (Å²) in [6, 6.07) is 0. The topological polar surface area (TPSA) is 77.9 Å². The first-order valence-corrected chi connectivity index (χ1v) is 10.1. The minimum Gasteiger partial charge on any atom is -0.394 e. The van der Waals surface area contributed by atoms with E-state index in [4.69, 9.17) is 0 Å². The molecule has 0 bridgehead atoms. The van der Waals surface area contributed by atoms with Crippen molar-refractivity contribution in [3.8, 4) is 0 Å². The molecule has 0 aromatic carbocycles. The van der Waals surface area contributed by atoms with E-state index in [1.807, 2.05) is 4.90 Å². The van der Waals surface area contributed by atoms with Crippen molar-refractivity contribution >= 4 is 15.9 Å². The smallest absolute Gasteiger partial charge is 0.226 e. The standard InChI is InChI=1S/C15H28N2O4S/c1-3-7-15(12-18)8-4-9-17(15)14(19)13-5-10-16(11-6-13)22(2,20)21/h13,18H,3-12H2,1-2H3. The molecule has 0 saturated carbocycles. The van der Waals surface area contributed by atoms with Gasteiger partial charge in [0, 0.05) is 25.6 Å². The van der Waals surface area contributed by atoms with Crippen molar-refractivity contribution in [2.45, 2.75) is 51.0 Å². The van der Waals surface area contributed by atoms with E-state index in [9.17, 15) is 18.3 Å². The molecule has 1 N–H and O–H groups in total. The monoisotopic (exact) mass is 332 g/mol. The van der Waals surface area contributed by atoms with E-state index in [1.165, 1.54) is 10.6 Å². The number of carbonyl (C=O) groups excluding carboxylic acids is 1. The number of hydrogen-bond acceptors (Lipinski definition) is 4. The Kier molecular flexibility index (Phi) is 5.50. The summed E-state index contributed by atoms with van der Waals surface area (Å²) in [7, 11) is -3.16. The van der Waals surface area contributed by atoms with Crippen LogP contribution in [0.2, 0.25) is 0 Å². The van der Waals surface area contributed by atoms with Crippen LogP contribution in [-0.4, -0.2) is 66.7 Å². The Bertz CT molecular complexity index is 500. The van der Waals surface area contributed by atoms with Crippen LogP contribution in [0.25, 0.3) is 0 Å². The third-order valence-corrected chi connectivity index (χ3v) is 6.45. The molecule has 1 unspecified atom stereocenters. The van der Waals surface area contributed by atoms with Gasteiger partial charge in [-0.2, -0.15) is 0 Å². The van der Waals surface area contributed by atoms with Crippen LogP contribution in [0, 0.1) is 5.92 Å². The number of piperidine rings is 1. The number of sulfonamides is 1. The molecule has 1 amide bonds. The minimum atomic E-state index is -3.16. The summed E-state index contributed by atoms with van der Waals surface area (Å²) in [5.41, 5.74) is -0.389. The molecular weight excluding hydrogens is 304 g/mol. The van der Waals surface area contributed by atoms with Crippen molar-refractivity contribution in [3.05, 3.63) is 0 Å². The van der Waals surface area contributed by atoms with Crippen LogP contribution in [0.15, 0.2) is 0 Å². The number of carbonyl (C=O) groups is 1. The van der Waals surface area contributed by atoms with Crippen molar-refractivity contribution in [2.75, 3.05) is 32.5 Å². The van der Waals surface area contributed by atoms with Crippen molar-refractivity contribution in [1.82, 2.24) is 9.21 Å². The fourth-order valence-corrected chi connectivity index (χ4v) is 4.78. The molecule has 128 valence electrons.